The zero-order valence-corrected chi connectivity index (χ0v) is 17.3. The number of thioether (sulfide) groups is 1. The molecule has 2 aromatic carbocycles. The van der Waals surface area contributed by atoms with Crippen LogP contribution in [0.3, 0.4) is 0 Å². The molecular formula is C21H21ClN4OS. The van der Waals surface area contributed by atoms with Crippen LogP contribution in [0.5, 0.6) is 0 Å². The first-order chi connectivity index (χ1) is 13.5. The van der Waals surface area contributed by atoms with E-state index in [-0.39, 0.29) is 11.2 Å². The van der Waals surface area contributed by atoms with Gasteiger partial charge in [0.05, 0.1) is 5.25 Å². The van der Waals surface area contributed by atoms with Gasteiger partial charge >= 0.3 is 0 Å². The molecule has 1 amide bonds. The quantitative estimate of drug-likeness (QED) is 0.614. The summed E-state index contributed by atoms with van der Waals surface area (Å²) in [6.45, 7) is 1.88. The van der Waals surface area contributed by atoms with Crippen molar-refractivity contribution in [2.24, 2.45) is 7.05 Å². The van der Waals surface area contributed by atoms with E-state index >= 15 is 0 Å². The van der Waals surface area contributed by atoms with Crippen LogP contribution in [0.25, 0.3) is 11.4 Å². The highest BCUT2D eigenvalue weighted by Gasteiger charge is 2.20. The predicted octanol–water partition coefficient (Wildman–Crippen LogP) is 4.74. The van der Waals surface area contributed by atoms with E-state index in [0.717, 1.165) is 29.9 Å². The molecule has 28 heavy (non-hydrogen) atoms. The van der Waals surface area contributed by atoms with E-state index in [4.69, 9.17) is 11.6 Å². The number of amides is 1. The van der Waals surface area contributed by atoms with Crippen LogP contribution in [0.1, 0.15) is 24.5 Å². The van der Waals surface area contributed by atoms with Crippen LogP contribution in [0, 0.1) is 0 Å². The van der Waals surface area contributed by atoms with Gasteiger partial charge in [0.2, 0.25) is 5.91 Å². The molecule has 1 aliphatic carbocycles. The van der Waals surface area contributed by atoms with Crippen molar-refractivity contribution < 1.29 is 4.79 Å². The Kier molecular flexibility index (Phi) is 5.42. The lowest BCUT2D eigenvalue weighted by Crippen LogP contribution is -2.23. The molecule has 0 bridgehead atoms. The van der Waals surface area contributed by atoms with Crippen molar-refractivity contribution in [3.63, 3.8) is 0 Å². The van der Waals surface area contributed by atoms with Gasteiger partial charge in [-0.05, 0) is 73.7 Å². The number of aromatic nitrogens is 3. The first-order valence-corrected chi connectivity index (χ1v) is 10.5. The van der Waals surface area contributed by atoms with E-state index in [0.29, 0.717) is 10.2 Å². The second-order valence-electron chi connectivity index (χ2n) is 6.96. The van der Waals surface area contributed by atoms with Crippen molar-refractivity contribution in [2.45, 2.75) is 36.6 Å². The largest absolute Gasteiger partial charge is 0.325 e. The van der Waals surface area contributed by atoms with Gasteiger partial charge < -0.3 is 9.88 Å². The van der Waals surface area contributed by atoms with Crippen LogP contribution < -0.4 is 5.32 Å². The fourth-order valence-electron chi connectivity index (χ4n) is 3.37. The summed E-state index contributed by atoms with van der Waals surface area (Å²) in [7, 11) is 1.90. The number of hydrogen-bond acceptors (Lipinski definition) is 4. The number of benzene rings is 2. The highest BCUT2D eigenvalue weighted by molar-refractivity contribution is 8.00. The molecule has 1 aliphatic rings. The van der Waals surface area contributed by atoms with E-state index in [2.05, 4.69) is 27.6 Å². The molecule has 5 nitrogen and oxygen atoms in total. The first-order valence-electron chi connectivity index (χ1n) is 9.26. The van der Waals surface area contributed by atoms with E-state index in [1.54, 1.807) is 0 Å². The number of nitrogens with zero attached hydrogens (tertiary/aromatic N) is 3. The van der Waals surface area contributed by atoms with Crippen LogP contribution in [-0.2, 0) is 24.7 Å². The van der Waals surface area contributed by atoms with Crippen molar-refractivity contribution in [2.75, 3.05) is 5.32 Å². The zero-order valence-electron chi connectivity index (χ0n) is 15.8. The average molecular weight is 413 g/mol. The van der Waals surface area contributed by atoms with Gasteiger partial charge in [-0.1, -0.05) is 29.4 Å². The topological polar surface area (TPSA) is 59.8 Å². The number of carbonyl (C=O) groups is 1. The van der Waals surface area contributed by atoms with Crippen molar-refractivity contribution in [1.82, 2.24) is 14.8 Å². The third kappa shape index (κ3) is 3.93. The highest BCUT2D eigenvalue weighted by atomic mass is 35.5. The number of rotatable bonds is 5. The molecule has 0 aliphatic heterocycles. The molecule has 1 heterocycles. The molecule has 1 atom stereocenters. The minimum atomic E-state index is -0.297. The standard InChI is InChI=1S/C21H21ClN4OS/c1-13(20(27)23-18-11-8-14-4-3-5-16(14)12-18)28-21-25-24-19(26(21)2)15-6-9-17(22)10-7-15/h6-13H,3-5H2,1-2H3,(H,23,27). The van der Waals surface area contributed by atoms with Crippen LogP contribution in [0.2, 0.25) is 5.02 Å². The molecule has 0 spiro atoms. The summed E-state index contributed by atoms with van der Waals surface area (Å²) in [6, 6.07) is 13.7. The Bertz CT molecular complexity index is 1020. The summed E-state index contributed by atoms with van der Waals surface area (Å²) in [6.07, 6.45) is 3.43. The lowest BCUT2D eigenvalue weighted by atomic mass is 10.1. The third-order valence-corrected chi connectivity index (χ3v) is 6.34. The van der Waals surface area contributed by atoms with Crippen molar-refractivity contribution in [3.05, 3.63) is 58.6 Å². The zero-order chi connectivity index (χ0) is 19.7. The summed E-state index contributed by atoms with van der Waals surface area (Å²) in [5, 5.41) is 12.6. The molecule has 3 aromatic rings. The Morgan fingerprint density at radius 3 is 2.68 bits per heavy atom. The molecule has 0 fully saturated rings. The number of nitrogens with one attached hydrogen (secondary N) is 1. The molecule has 7 heteroatoms. The van der Waals surface area contributed by atoms with Crippen LogP contribution >= 0.6 is 23.4 Å². The predicted molar refractivity (Wildman–Crippen MR) is 114 cm³/mol. The minimum Gasteiger partial charge on any atom is -0.325 e. The lowest BCUT2D eigenvalue weighted by molar-refractivity contribution is -0.115. The lowest BCUT2D eigenvalue weighted by Gasteiger charge is -2.12. The molecule has 1 aromatic heterocycles. The second kappa shape index (κ2) is 7.97. The van der Waals surface area contributed by atoms with Crippen molar-refractivity contribution >= 4 is 35.0 Å². The van der Waals surface area contributed by atoms with Crippen molar-refractivity contribution in [1.29, 1.82) is 0 Å². The van der Waals surface area contributed by atoms with E-state index < -0.39 is 0 Å². The van der Waals surface area contributed by atoms with Gasteiger partial charge in [0.25, 0.3) is 0 Å². The number of aryl methyl sites for hydroxylation is 2. The third-order valence-electron chi connectivity index (χ3n) is 4.95. The molecule has 4 rings (SSSR count). The summed E-state index contributed by atoms with van der Waals surface area (Å²) >= 11 is 7.35. The molecule has 1 unspecified atom stereocenters. The smallest absolute Gasteiger partial charge is 0.237 e. The Labute approximate surface area is 173 Å². The van der Waals surface area contributed by atoms with Gasteiger partial charge in [0, 0.05) is 23.3 Å². The van der Waals surface area contributed by atoms with Crippen LogP contribution in [-0.4, -0.2) is 25.9 Å². The molecular weight excluding hydrogens is 392 g/mol. The Morgan fingerprint density at radius 2 is 1.89 bits per heavy atom. The summed E-state index contributed by atoms with van der Waals surface area (Å²) < 4.78 is 1.90. The normalized spacial score (nSPS) is 14.0. The van der Waals surface area contributed by atoms with Crippen LogP contribution in [0.4, 0.5) is 5.69 Å². The maximum absolute atomic E-state index is 12.6. The Hall–Kier alpha value is -2.31. The van der Waals surface area contributed by atoms with E-state index in [1.165, 1.54) is 29.3 Å². The molecule has 1 N–H and O–H groups in total. The van der Waals surface area contributed by atoms with E-state index in [9.17, 15) is 4.79 Å². The summed E-state index contributed by atoms with van der Waals surface area (Å²) in [4.78, 5) is 12.6. The van der Waals surface area contributed by atoms with Gasteiger partial charge in [0.15, 0.2) is 11.0 Å². The summed E-state index contributed by atoms with van der Waals surface area (Å²) in [5.74, 6) is 0.699. The Morgan fingerprint density at radius 1 is 1.14 bits per heavy atom. The number of fused-ring (bicyclic) bond motifs is 1. The first kappa shape index (κ1) is 19.0. The van der Waals surface area contributed by atoms with E-state index in [1.807, 2.05) is 48.9 Å². The van der Waals surface area contributed by atoms with Gasteiger partial charge in [0.1, 0.15) is 0 Å². The molecule has 0 saturated carbocycles. The maximum Gasteiger partial charge on any atom is 0.237 e. The molecule has 0 radical (unpaired) electrons. The maximum atomic E-state index is 12.6. The number of anilines is 1. The fraction of sp³-hybridized carbons (Fsp3) is 0.286. The second-order valence-corrected chi connectivity index (χ2v) is 8.70. The number of carbonyl (C=O) groups excluding carboxylic acids is 1. The van der Waals surface area contributed by atoms with Gasteiger partial charge in [-0.3, -0.25) is 4.79 Å². The van der Waals surface area contributed by atoms with Crippen LogP contribution in [0.15, 0.2) is 47.6 Å². The average Bonchev–Trinajstić information content (AvgIpc) is 3.29. The highest BCUT2D eigenvalue weighted by Crippen LogP contribution is 2.28. The number of hydrogen-bond donors (Lipinski definition) is 1. The van der Waals surface area contributed by atoms with Gasteiger partial charge in [-0.2, -0.15) is 0 Å². The Balaban J connectivity index is 1.44. The van der Waals surface area contributed by atoms with Gasteiger partial charge in [-0.15, -0.1) is 10.2 Å². The van der Waals surface area contributed by atoms with Gasteiger partial charge in [-0.25, -0.2) is 0 Å². The number of halogens is 1. The molecule has 144 valence electrons. The fourth-order valence-corrected chi connectivity index (χ4v) is 4.31. The minimum absolute atomic E-state index is 0.0426. The molecule has 0 saturated heterocycles. The summed E-state index contributed by atoms with van der Waals surface area (Å²) in [5.41, 5.74) is 4.53. The monoisotopic (exact) mass is 412 g/mol. The SMILES string of the molecule is CC(Sc1nnc(-c2ccc(Cl)cc2)n1C)C(=O)Nc1ccc2c(c1)CCC2. The van der Waals surface area contributed by atoms with Crippen molar-refractivity contribution in [3.8, 4) is 11.4 Å².